The van der Waals surface area contributed by atoms with Gasteiger partial charge < -0.3 is 10.2 Å². The van der Waals surface area contributed by atoms with E-state index in [-0.39, 0.29) is 11.5 Å². The van der Waals surface area contributed by atoms with Crippen molar-refractivity contribution < 1.29 is 4.42 Å². The summed E-state index contributed by atoms with van der Waals surface area (Å²) in [6.45, 7) is 8.12. The summed E-state index contributed by atoms with van der Waals surface area (Å²) < 4.78 is 6.34. The summed E-state index contributed by atoms with van der Waals surface area (Å²) >= 11 is 3.32. The van der Waals surface area contributed by atoms with Gasteiger partial charge in [0.25, 0.3) is 0 Å². The Morgan fingerprint density at radius 3 is 2.56 bits per heavy atom. The standard InChI is InChI=1S/C12H21BrN2O/c1-9(10-5-6-11(13)16-10)15(4)8-12(2,3)7-14/h5-6,9H,7-8,14H2,1-4H3. The first kappa shape index (κ1) is 13.7. The summed E-state index contributed by atoms with van der Waals surface area (Å²) in [6, 6.07) is 4.19. The Balaban J connectivity index is 2.64. The summed E-state index contributed by atoms with van der Waals surface area (Å²) in [5, 5.41) is 0. The largest absolute Gasteiger partial charge is 0.453 e. The molecule has 1 unspecified atom stereocenters. The normalized spacial score (nSPS) is 14.4. The number of hydrogen-bond acceptors (Lipinski definition) is 3. The monoisotopic (exact) mass is 288 g/mol. The number of rotatable bonds is 5. The van der Waals surface area contributed by atoms with E-state index in [2.05, 4.69) is 48.6 Å². The van der Waals surface area contributed by atoms with Crippen molar-refractivity contribution in [3.8, 4) is 0 Å². The molecule has 0 saturated carbocycles. The molecule has 3 nitrogen and oxygen atoms in total. The SMILES string of the molecule is CC(c1ccc(Br)o1)N(C)CC(C)(C)CN. The highest BCUT2D eigenvalue weighted by Gasteiger charge is 2.23. The lowest BCUT2D eigenvalue weighted by Crippen LogP contribution is -2.37. The lowest BCUT2D eigenvalue weighted by molar-refractivity contribution is 0.158. The van der Waals surface area contributed by atoms with Crippen LogP contribution in [0, 0.1) is 5.41 Å². The molecule has 92 valence electrons. The molecule has 0 aromatic carbocycles. The fourth-order valence-corrected chi connectivity index (χ4v) is 1.97. The van der Waals surface area contributed by atoms with Crippen LogP contribution in [0.2, 0.25) is 0 Å². The Morgan fingerprint density at radius 2 is 2.12 bits per heavy atom. The first-order valence-electron chi connectivity index (χ1n) is 5.51. The molecule has 1 aromatic rings. The zero-order chi connectivity index (χ0) is 12.3. The zero-order valence-electron chi connectivity index (χ0n) is 10.5. The van der Waals surface area contributed by atoms with E-state index in [1.807, 2.05) is 12.1 Å². The van der Waals surface area contributed by atoms with Crippen molar-refractivity contribution >= 4 is 15.9 Å². The molecule has 1 heterocycles. The Morgan fingerprint density at radius 1 is 1.50 bits per heavy atom. The number of hydrogen-bond donors (Lipinski definition) is 1. The molecule has 1 aromatic heterocycles. The number of furan rings is 1. The summed E-state index contributed by atoms with van der Waals surface area (Å²) in [5.74, 6) is 0.974. The van der Waals surface area contributed by atoms with Gasteiger partial charge in [-0.1, -0.05) is 13.8 Å². The molecule has 0 amide bonds. The van der Waals surface area contributed by atoms with Crippen molar-refractivity contribution in [2.75, 3.05) is 20.1 Å². The molecule has 2 N–H and O–H groups in total. The quantitative estimate of drug-likeness (QED) is 0.906. The molecule has 1 rings (SSSR count). The van der Waals surface area contributed by atoms with Gasteiger partial charge in [0.1, 0.15) is 5.76 Å². The van der Waals surface area contributed by atoms with Crippen LogP contribution < -0.4 is 5.73 Å². The van der Waals surface area contributed by atoms with Crippen LogP contribution in [0.5, 0.6) is 0 Å². The molecule has 0 aliphatic carbocycles. The molecule has 0 fully saturated rings. The van der Waals surface area contributed by atoms with Crippen molar-refractivity contribution in [3.63, 3.8) is 0 Å². The van der Waals surface area contributed by atoms with E-state index in [0.717, 1.165) is 17.0 Å². The molecule has 0 aliphatic rings. The zero-order valence-corrected chi connectivity index (χ0v) is 12.0. The van der Waals surface area contributed by atoms with Gasteiger partial charge >= 0.3 is 0 Å². The van der Waals surface area contributed by atoms with Crippen LogP contribution >= 0.6 is 15.9 Å². The first-order valence-corrected chi connectivity index (χ1v) is 6.30. The molecule has 1 atom stereocenters. The molecule has 0 saturated heterocycles. The average Bonchev–Trinajstić information content (AvgIpc) is 2.63. The Labute approximate surface area is 106 Å². The second-order valence-corrected chi connectivity index (χ2v) is 5.88. The van der Waals surface area contributed by atoms with Gasteiger partial charge in [0.2, 0.25) is 0 Å². The lowest BCUT2D eigenvalue weighted by atomic mass is 9.92. The van der Waals surface area contributed by atoms with Gasteiger partial charge in [-0.3, -0.25) is 4.90 Å². The smallest absolute Gasteiger partial charge is 0.169 e. The van der Waals surface area contributed by atoms with Gasteiger partial charge in [-0.2, -0.15) is 0 Å². The summed E-state index contributed by atoms with van der Waals surface area (Å²) in [6.07, 6.45) is 0. The van der Waals surface area contributed by atoms with Crippen molar-refractivity contribution in [2.45, 2.75) is 26.8 Å². The Hall–Kier alpha value is -0.320. The molecule has 0 bridgehead atoms. The van der Waals surface area contributed by atoms with Crippen LogP contribution in [-0.2, 0) is 0 Å². The average molecular weight is 289 g/mol. The summed E-state index contributed by atoms with van der Waals surface area (Å²) in [5.41, 5.74) is 5.87. The predicted molar refractivity (Wildman–Crippen MR) is 70.3 cm³/mol. The third-order valence-electron chi connectivity index (χ3n) is 2.90. The minimum atomic E-state index is 0.132. The summed E-state index contributed by atoms with van der Waals surface area (Å²) in [4.78, 5) is 2.26. The number of nitrogens with two attached hydrogens (primary N) is 1. The highest BCUT2D eigenvalue weighted by atomic mass is 79.9. The molecule has 0 spiro atoms. The van der Waals surface area contributed by atoms with Gasteiger partial charge in [-0.15, -0.1) is 0 Å². The third kappa shape index (κ3) is 3.61. The molecule has 4 heteroatoms. The van der Waals surface area contributed by atoms with Crippen LogP contribution in [0.1, 0.15) is 32.6 Å². The maximum absolute atomic E-state index is 5.74. The molecule has 0 radical (unpaired) electrons. The van der Waals surface area contributed by atoms with E-state index in [9.17, 15) is 0 Å². The van der Waals surface area contributed by atoms with Crippen molar-refractivity contribution in [1.82, 2.24) is 4.90 Å². The van der Waals surface area contributed by atoms with E-state index in [0.29, 0.717) is 6.54 Å². The van der Waals surface area contributed by atoms with Crippen LogP contribution in [-0.4, -0.2) is 25.0 Å². The molecular formula is C12H21BrN2O. The van der Waals surface area contributed by atoms with E-state index in [1.165, 1.54) is 0 Å². The van der Waals surface area contributed by atoms with Gasteiger partial charge in [-0.25, -0.2) is 0 Å². The van der Waals surface area contributed by atoms with Gasteiger partial charge in [-0.05, 0) is 54.0 Å². The topological polar surface area (TPSA) is 42.4 Å². The Kier molecular flexibility index (Phi) is 4.59. The molecule has 16 heavy (non-hydrogen) atoms. The van der Waals surface area contributed by atoms with Crippen molar-refractivity contribution in [3.05, 3.63) is 22.6 Å². The van der Waals surface area contributed by atoms with Crippen LogP contribution in [0.25, 0.3) is 0 Å². The highest BCUT2D eigenvalue weighted by molar-refractivity contribution is 9.10. The molecular weight excluding hydrogens is 268 g/mol. The first-order chi connectivity index (χ1) is 7.35. The van der Waals surface area contributed by atoms with Crippen LogP contribution in [0.15, 0.2) is 21.2 Å². The highest BCUT2D eigenvalue weighted by Crippen LogP contribution is 2.26. The Bertz CT molecular complexity index is 336. The van der Waals surface area contributed by atoms with E-state index in [1.54, 1.807) is 0 Å². The van der Waals surface area contributed by atoms with Gasteiger partial charge in [0.05, 0.1) is 6.04 Å². The van der Waals surface area contributed by atoms with E-state index < -0.39 is 0 Å². The lowest BCUT2D eigenvalue weighted by Gasteiger charge is -2.32. The number of nitrogens with zero attached hydrogens (tertiary/aromatic N) is 1. The summed E-state index contributed by atoms with van der Waals surface area (Å²) in [7, 11) is 2.10. The maximum atomic E-state index is 5.74. The third-order valence-corrected chi connectivity index (χ3v) is 3.32. The van der Waals surface area contributed by atoms with Gasteiger partial charge in [0.15, 0.2) is 4.67 Å². The van der Waals surface area contributed by atoms with E-state index >= 15 is 0 Å². The van der Waals surface area contributed by atoms with Crippen LogP contribution in [0.3, 0.4) is 0 Å². The fourth-order valence-electron chi connectivity index (χ4n) is 1.65. The second kappa shape index (κ2) is 5.34. The van der Waals surface area contributed by atoms with Crippen molar-refractivity contribution in [2.24, 2.45) is 11.1 Å². The van der Waals surface area contributed by atoms with Gasteiger partial charge in [0, 0.05) is 6.54 Å². The van der Waals surface area contributed by atoms with Crippen LogP contribution in [0.4, 0.5) is 0 Å². The minimum Gasteiger partial charge on any atom is -0.453 e. The minimum absolute atomic E-state index is 0.132. The predicted octanol–water partition coefficient (Wildman–Crippen LogP) is 3.02. The second-order valence-electron chi connectivity index (χ2n) is 5.10. The van der Waals surface area contributed by atoms with E-state index in [4.69, 9.17) is 10.2 Å². The molecule has 0 aliphatic heterocycles. The maximum Gasteiger partial charge on any atom is 0.169 e. The fraction of sp³-hybridized carbons (Fsp3) is 0.667. The van der Waals surface area contributed by atoms with Crippen molar-refractivity contribution in [1.29, 1.82) is 0 Å². The number of halogens is 1.